The van der Waals surface area contributed by atoms with Crippen LogP contribution in [0.2, 0.25) is 10.0 Å². The zero-order valence-electron chi connectivity index (χ0n) is 12.8. The van der Waals surface area contributed by atoms with Gasteiger partial charge in [-0.2, -0.15) is 0 Å². The van der Waals surface area contributed by atoms with Crippen LogP contribution in [0.25, 0.3) is 0 Å². The van der Waals surface area contributed by atoms with E-state index in [0.29, 0.717) is 18.2 Å². The summed E-state index contributed by atoms with van der Waals surface area (Å²) < 4.78 is 32.9. The molecule has 1 heterocycles. The van der Waals surface area contributed by atoms with E-state index in [1.807, 2.05) is 0 Å². The van der Waals surface area contributed by atoms with E-state index in [0.717, 1.165) is 25.9 Å². The summed E-state index contributed by atoms with van der Waals surface area (Å²) in [7, 11) is -2.05. The molecular weight excluding hydrogens is 383 g/mol. The number of piperidine rings is 1. The number of rotatable bonds is 6. The zero-order chi connectivity index (χ0) is 16.2. The highest BCUT2D eigenvalue weighted by Gasteiger charge is 2.34. The lowest BCUT2D eigenvalue weighted by atomic mass is 9.80. The number of nitrogens with one attached hydrogen (secondary N) is 2. The highest BCUT2D eigenvalue weighted by atomic mass is 35.5. The highest BCUT2D eigenvalue weighted by Crippen LogP contribution is 2.30. The Hall–Kier alpha value is -0.0800. The van der Waals surface area contributed by atoms with E-state index >= 15 is 0 Å². The number of hydrogen-bond acceptors (Lipinski definition) is 4. The fraction of sp³-hybridized carbons (Fsp3) is 0.571. The SMILES string of the molecule is COCC1(CNS(=O)(=O)c2ccc(Cl)cc2Cl)CCNCC1.Cl. The van der Waals surface area contributed by atoms with Crippen molar-refractivity contribution in [3.8, 4) is 0 Å². The molecule has 23 heavy (non-hydrogen) atoms. The van der Waals surface area contributed by atoms with Gasteiger partial charge in [0.15, 0.2) is 0 Å². The lowest BCUT2D eigenvalue weighted by Gasteiger charge is -2.37. The van der Waals surface area contributed by atoms with Crippen LogP contribution in [-0.4, -0.2) is 41.8 Å². The molecule has 0 radical (unpaired) electrons. The van der Waals surface area contributed by atoms with Crippen molar-refractivity contribution in [3.05, 3.63) is 28.2 Å². The van der Waals surface area contributed by atoms with Gasteiger partial charge in [-0.3, -0.25) is 0 Å². The van der Waals surface area contributed by atoms with Crippen LogP contribution in [-0.2, 0) is 14.8 Å². The van der Waals surface area contributed by atoms with Crippen LogP contribution < -0.4 is 10.0 Å². The maximum Gasteiger partial charge on any atom is 0.242 e. The van der Waals surface area contributed by atoms with Crippen LogP contribution in [0, 0.1) is 5.41 Å². The Kier molecular flexibility index (Phi) is 8.07. The van der Waals surface area contributed by atoms with Crippen LogP contribution in [0.5, 0.6) is 0 Å². The minimum atomic E-state index is -3.68. The molecule has 0 aromatic heterocycles. The van der Waals surface area contributed by atoms with Crippen LogP contribution >= 0.6 is 35.6 Å². The maximum atomic E-state index is 12.5. The molecule has 0 saturated carbocycles. The fourth-order valence-electron chi connectivity index (χ4n) is 2.65. The monoisotopic (exact) mass is 402 g/mol. The van der Waals surface area contributed by atoms with Gasteiger partial charge >= 0.3 is 0 Å². The number of ether oxygens (including phenoxy) is 1. The van der Waals surface area contributed by atoms with Gasteiger partial charge in [0.05, 0.1) is 11.6 Å². The highest BCUT2D eigenvalue weighted by molar-refractivity contribution is 7.89. The van der Waals surface area contributed by atoms with Crippen molar-refractivity contribution in [2.45, 2.75) is 17.7 Å². The van der Waals surface area contributed by atoms with Gasteiger partial charge in [-0.25, -0.2) is 13.1 Å². The van der Waals surface area contributed by atoms with Crippen molar-refractivity contribution >= 4 is 45.6 Å². The van der Waals surface area contributed by atoms with Crippen LogP contribution in [0.1, 0.15) is 12.8 Å². The van der Waals surface area contributed by atoms with Crippen molar-refractivity contribution in [2.75, 3.05) is 33.4 Å². The van der Waals surface area contributed by atoms with Crippen molar-refractivity contribution in [1.82, 2.24) is 10.0 Å². The largest absolute Gasteiger partial charge is 0.384 e. The number of methoxy groups -OCH3 is 1. The summed E-state index contributed by atoms with van der Waals surface area (Å²) >= 11 is 11.8. The zero-order valence-corrected chi connectivity index (χ0v) is 15.9. The predicted molar refractivity (Wildman–Crippen MR) is 95.3 cm³/mol. The smallest absolute Gasteiger partial charge is 0.242 e. The molecule has 0 aliphatic carbocycles. The Morgan fingerprint density at radius 2 is 1.96 bits per heavy atom. The second-order valence-electron chi connectivity index (χ2n) is 5.58. The van der Waals surface area contributed by atoms with Gasteiger partial charge in [0.2, 0.25) is 10.0 Å². The molecule has 1 aromatic carbocycles. The number of benzene rings is 1. The second-order valence-corrected chi connectivity index (χ2v) is 8.16. The van der Waals surface area contributed by atoms with E-state index in [1.165, 1.54) is 18.2 Å². The van der Waals surface area contributed by atoms with E-state index in [2.05, 4.69) is 10.0 Å². The summed E-state index contributed by atoms with van der Waals surface area (Å²) in [5.41, 5.74) is -0.189. The molecule has 0 spiro atoms. The third-order valence-corrected chi connectivity index (χ3v) is 6.05. The van der Waals surface area contributed by atoms with Gasteiger partial charge in [-0.1, -0.05) is 23.2 Å². The van der Waals surface area contributed by atoms with Gasteiger partial charge in [0.25, 0.3) is 0 Å². The second kappa shape index (κ2) is 8.85. The van der Waals surface area contributed by atoms with Crippen molar-refractivity contribution in [3.63, 3.8) is 0 Å². The van der Waals surface area contributed by atoms with E-state index in [-0.39, 0.29) is 27.7 Å². The van der Waals surface area contributed by atoms with Crippen molar-refractivity contribution in [2.24, 2.45) is 5.41 Å². The average Bonchev–Trinajstić information content (AvgIpc) is 2.46. The molecule has 2 N–H and O–H groups in total. The first-order chi connectivity index (χ1) is 10.4. The summed E-state index contributed by atoms with van der Waals surface area (Å²) in [6.45, 7) is 2.55. The minimum absolute atomic E-state index is 0. The first-order valence-electron chi connectivity index (χ1n) is 7.03. The quantitative estimate of drug-likeness (QED) is 0.766. The van der Waals surface area contributed by atoms with Crippen molar-refractivity contribution < 1.29 is 13.2 Å². The fourth-order valence-corrected chi connectivity index (χ4v) is 4.58. The minimum Gasteiger partial charge on any atom is -0.384 e. The van der Waals surface area contributed by atoms with Gasteiger partial charge < -0.3 is 10.1 Å². The molecule has 0 unspecified atom stereocenters. The Labute approximate surface area is 153 Å². The lowest BCUT2D eigenvalue weighted by molar-refractivity contribution is 0.0577. The average molecular weight is 404 g/mol. The number of halogens is 3. The summed E-state index contributed by atoms with van der Waals surface area (Å²) in [6.07, 6.45) is 1.72. The molecule has 0 amide bonds. The molecule has 1 aliphatic rings. The number of sulfonamides is 1. The third kappa shape index (κ3) is 5.46. The summed E-state index contributed by atoms with van der Waals surface area (Å²) in [5.74, 6) is 0. The van der Waals surface area contributed by atoms with Crippen LogP contribution in [0.3, 0.4) is 0 Å². The van der Waals surface area contributed by atoms with Gasteiger partial charge in [-0.05, 0) is 44.1 Å². The Bertz CT molecular complexity index is 614. The third-order valence-electron chi connectivity index (χ3n) is 3.94. The summed E-state index contributed by atoms with van der Waals surface area (Å²) in [4.78, 5) is 0.0417. The summed E-state index contributed by atoms with van der Waals surface area (Å²) in [5, 5.41) is 3.79. The summed E-state index contributed by atoms with van der Waals surface area (Å²) in [6, 6.07) is 4.35. The lowest BCUT2D eigenvalue weighted by Crippen LogP contribution is -2.47. The van der Waals surface area contributed by atoms with Gasteiger partial charge in [0, 0.05) is 24.1 Å². The normalized spacial score (nSPS) is 17.5. The molecule has 1 aromatic rings. The Balaban J connectivity index is 0.00000264. The van der Waals surface area contributed by atoms with Crippen LogP contribution in [0.4, 0.5) is 0 Å². The molecule has 1 aliphatic heterocycles. The molecule has 0 atom stereocenters. The molecule has 9 heteroatoms. The van der Waals surface area contributed by atoms with E-state index in [1.54, 1.807) is 7.11 Å². The Morgan fingerprint density at radius 1 is 1.30 bits per heavy atom. The predicted octanol–water partition coefficient (Wildman–Crippen LogP) is 2.71. The Morgan fingerprint density at radius 3 is 2.52 bits per heavy atom. The van der Waals surface area contributed by atoms with Gasteiger partial charge in [0.1, 0.15) is 4.90 Å². The topological polar surface area (TPSA) is 67.4 Å². The van der Waals surface area contributed by atoms with E-state index in [4.69, 9.17) is 27.9 Å². The van der Waals surface area contributed by atoms with Crippen LogP contribution in [0.15, 0.2) is 23.1 Å². The molecule has 132 valence electrons. The molecule has 1 fully saturated rings. The molecule has 5 nitrogen and oxygen atoms in total. The van der Waals surface area contributed by atoms with E-state index in [9.17, 15) is 8.42 Å². The maximum absolute atomic E-state index is 12.5. The number of hydrogen-bond donors (Lipinski definition) is 2. The molecule has 0 bridgehead atoms. The molecular formula is C14H21Cl3N2O3S. The molecule has 2 rings (SSSR count). The molecule has 1 saturated heterocycles. The van der Waals surface area contributed by atoms with Gasteiger partial charge in [-0.15, -0.1) is 12.4 Å². The van der Waals surface area contributed by atoms with E-state index < -0.39 is 10.0 Å². The van der Waals surface area contributed by atoms with Crippen molar-refractivity contribution in [1.29, 1.82) is 0 Å². The first kappa shape index (κ1) is 21.0. The standard InChI is InChI=1S/C14H20Cl2N2O3S.ClH/c1-21-10-14(4-6-17-7-5-14)9-18-22(19,20)13-3-2-11(15)8-12(13)16;/h2-3,8,17-18H,4-7,9-10H2,1H3;1H. The first-order valence-corrected chi connectivity index (χ1v) is 9.27.